The fourth-order valence-corrected chi connectivity index (χ4v) is 6.59. The van der Waals surface area contributed by atoms with Crippen molar-refractivity contribution in [3.05, 3.63) is 52.6 Å². The van der Waals surface area contributed by atoms with Crippen LogP contribution in [0.1, 0.15) is 26.2 Å². The highest BCUT2D eigenvalue weighted by atomic mass is 32.2. The molecule has 30 heavy (non-hydrogen) atoms. The van der Waals surface area contributed by atoms with Gasteiger partial charge >= 0.3 is 0 Å². The first-order valence-corrected chi connectivity index (χ1v) is 13.3. The molecule has 0 saturated carbocycles. The van der Waals surface area contributed by atoms with Gasteiger partial charge in [0.15, 0.2) is 15.7 Å². The number of rotatable bonds is 8. The number of unbranched alkanes of at least 4 members (excludes halogenated alkanes) is 1. The van der Waals surface area contributed by atoms with Crippen LogP contribution in [0.4, 0.5) is 0 Å². The fourth-order valence-electron chi connectivity index (χ4n) is 3.84. The number of thiophene rings is 1. The summed E-state index contributed by atoms with van der Waals surface area (Å²) in [5.74, 6) is 1.31. The Kier molecular flexibility index (Phi) is 6.52. The van der Waals surface area contributed by atoms with Crippen molar-refractivity contribution in [3.63, 3.8) is 0 Å². The van der Waals surface area contributed by atoms with E-state index in [0.29, 0.717) is 17.9 Å². The highest BCUT2D eigenvalue weighted by Gasteiger charge is 2.32. The molecule has 6 nitrogen and oxygen atoms in total. The normalized spacial score (nSPS) is 18.3. The summed E-state index contributed by atoms with van der Waals surface area (Å²) in [6.45, 7) is 3.48. The molecule has 0 amide bonds. The lowest BCUT2D eigenvalue weighted by molar-refractivity contribution is 0.152. The first kappa shape index (κ1) is 21.4. The third-order valence-electron chi connectivity index (χ3n) is 5.43. The summed E-state index contributed by atoms with van der Waals surface area (Å²) in [5.41, 5.74) is 0.973. The van der Waals surface area contributed by atoms with Crippen LogP contribution >= 0.6 is 23.6 Å². The van der Waals surface area contributed by atoms with Gasteiger partial charge in [-0.3, -0.25) is 9.47 Å². The zero-order valence-corrected chi connectivity index (χ0v) is 19.4. The molecular formula is C21H26N4O2S3. The van der Waals surface area contributed by atoms with Crippen LogP contribution in [0.15, 0.2) is 47.8 Å². The first-order chi connectivity index (χ1) is 14.5. The Bertz CT molecular complexity index is 1130. The molecule has 4 rings (SSSR count). The van der Waals surface area contributed by atoms with Gasteiger partial charge in [-0.2, -0.15) is 0 Å². The molecule has 9 heteroatoms. The largest absolute Gasteiger partial charge is 0.280 e. The molecule has 0 radical (unpaired) electrons. The van der Waals surface area contributed by atoms with Crippen LogP contribution in [-0.2, 0) is 16.5 Å². The molecule has 3 heterocycles. The summed E-state index contributed by atoms with van der Waals surface area (Å²) >= 11 is 7.47. The molecule has 0 spiro atoms. The quantitative estimate of drug-likeness (QED) is 0.465. The van der Waals surface area contributed by atoms with Gasteiger partial charge in [-0.05, 0) is 48.6 Å². The van der Waals surface area contributed by atoms with Crippen LogP contribution in [0.3, 0.4) is 0 Å². The molecular weight excluding hydrogens is 436 g/mol. The summed E-state index contributed by atoms with van der Waals surface area (Å²) in [4.78, 5) is 3.29. The Balaban J connectivity index is 1.72. The maximum Gasteiger partial charge on any atom is 0.204 e. The van der Waals surface area contributed by atoms with Crippen molar-refractivity contribution >= 4 is 33.4 Å². The molecule has 160 valence electrons. The topological polar surface area (TPSA) is 60.1 Å². The minimum atomic E-state index is -2.95. The molecule has 0 bridgehead atoms. The van der Waals surface area contributed by atoms with E-state index in [2.05, 4.69) is 11.8 Å². The summed E-state index contributed by atoms with van der Waals surface area (Å²) in [7, 11) is -2.95. The molecule has 1 aromatic carbocycles. The van der Waals surface area contributed by atoms with Crippen LogP contribution in [0.2, 0.25) is 0 Å². The predicted octanol–water partition coefficient (Wildman–Crippen LogP) is 4.38. The molecule has 0 N–H and O–H groups in total. The van der Waals surface area contributed by atoms with E-state index < -0.39 is 9.84 Å². The van der Waals surface area contributed by atoms with Crippen LogP contribution in [-0.4, -0.2) is 51.8 Å². The Hall–Kier alpha value is -1.81. The molecule has 1 saturated heterocycles. The maximum atomic E-state index is 12.1. The molecule has 1 fully saturated rings. The van der Waals surface area contributed by atoms with Gasteiger partial charge < -0.3 is 0 Å². The number of nitrogens with zero attached hydrogens (tertiary/aromatic N) is 4. The monoisotopic (exact) mass is 462 g/mol. The van der Waals surface area contributed by atoms with Crippen LogP contribution < -0.4 is 0 Å². The lowest BCUT2D eigenvalue weighted by atomic mass is 10.2. The highest BCUT2D eigenvalue weighted by Crippen LogP contribution is 2.27. The molecule has 1 aliphatic heterocycles. The number of hydrogen-bond donors (Lipinski definition) is 0. The second-order valence-corrected chi connectivity index (χ2v) is 11.2. The molecule has 0 unspecified atom stereocenters. The zero-order valence-electron chi connectivity index (χ0n) is 17.0. The minimum absolute atomic E-state index is 0.0236. The van der Waals surface area contributed by atoms with Crippen molar-refractivity contribution in [3.8, 4) is 16.4 Å². The average Bonchev–Trinajstić information content (AvgIpc) is 3.45. The second-order valence-electron chi connectivity index (χ2n) is 7.62. The van der Waals surface area contributed by atoms with E-state index in [1.165, 1.54) is 0 Å². The number of aromatic nitrogens is 3. The SMILES string of the molecule is CCCCN(Cn1nc(-c2cccs2)n(-c2ccccc2)c1=S)[C@H]1CCS(=O)(=O)C1. The van der Waals surface area contributed by atoms with Gasteiger partial charge in [-0.1, -0.05) is 37.6 Å². The Morgan fingerprint density at radius 2 is 2.03 bits per heavy atom. The summed E-state index contributed by atoms with van der Waals surface area (Å²) in [5, 5.41) is 6.91. The van der Waals surface area contributed by atoms with Gasteiger partial charge in [0.2, 0.25) is 4.77 Å². The third kappa shape index (κ3) is 4.59. The number of para-hydroxylation sites is 1. The van der Waals surface area contributed by atoms with Crippen molar-refractivity contribution in [1.29, 1.82) is 0 Å². The lowest BCUT2D eigenvalue weighted by Gasteiger charge is -2.27. The fraction of sp³-hybridized carbons (Fsp3) is 0.429. The van der Waals surface area contributed by atoms with E-state index in [9.17, 15) is 8.42 Å². The number of benzene rings is 1. The molecule has 2 aromatic heterocycles. The van der Waals surface area contributed by atoms with Crippen LogP contribution in [0.5, 0.6) is 0 Å². The minimum Gasteiger partial charge on any atom is -0.280 e. The van der Waals surface area contributed by atoms with E-state index >= 15 is 0 Å². The highest BCUT2D eigenvalue weighted by molar-refractivity contribution is 7.91. The van der Waals surface area contributed by atoms with Crippen LogP contribution in [0.25, 0.3) is 16.4 Å². The van der Waals surface area contributed by atoms with Gasteiger partial charge in [0.05, 0.1) is 23.1 Å². The summed E-state index contributed by atoms with van der Waals surface area (Å²) < 4.78 is 28.6. The molecule has 3 aromatic rings. The van der Waals surface area contributed by atoms with Crippen molar-refractivity contribution in [2.75, 3.05) is 18.1 Å². The molecule has 0 aliphatic carbocycles. The summed E-state index contributed by atoms with van der Waals surface area (Å²) in [6, 6.07) is 14.1. The zero-order chi connectivity index (χ0) is 21.1. The van der Waals surface area contributed by atoms with Gasteiger partial charge in [0, 0.05) is 18.3 Å². The van der Waals surface area contributed by atoms with E-state index in [1.54, 1.807) is 11.3 Å². The van der Waals surface area contributed by atoms with E-state index in [0.717, 1.165) is 35.8 Å². The average molecular weight is 463 g/mol. The van der Waals surface area contributed by atoms with E-state index in [4.69, 9.17) is 17.3 Å². The van der Waals surface area contributed by atoms with E-state index in [-0.39, 0.29) is 17.5 Å². The standard InChI is InChI=1S/C21H26N4O2S3/c1-2-3-12-23(18-11-14-30(26,27)15-18)16-24-21(28)25(17-8-5-4-6-9-17)20(22-24)19-10-7-13-29-19/h4-10,13,18H,2-3,11-12,14-16H2,1H3/t18-/m0/s1. The van der Waals surface area contributed by atoms with Crippen molar-refractivity contribution < 1.29 is 8.42 Å². The number of hydrogen-bond acceptors (Lipinski definition) is 6. The number of sulfone groups is 1. The van der Waals surface area contributed by atoms with Crippen molar-refractivity contribution in [2.24, 2.45) is 0 Å². The van der Waals surface area contributed by atoms with E-state index in [1.807, 2.05) is 57.1 Å². The lowest BCUT2D eigenvalue weighted by Crippen LogP contribution is -2.38. The Morgan fingerprint density at radius 1 is 1.23 bits per heavy atom. The third-order valence-corrected chi connectivity index (χ3v) is 8.44. The smallest absolute Gasteiger partial charge is 0.204 e. The molecule has 1 atom stereocenters. The Morgan fingerprint density at radius 3 is 2.67 bits per heavy atom. The predicted molar refractivity (Wildman–Crippen MR) is 124 cm³/mol. The van der Waals surface area contributed by atoms with Gasteiger partial charge in [-0.15, -0.1) is 16.4 Å². The van der Waals surface area contributed by atoms with Gasteiger partial charge in [-0.25, -0.2) is 13.1 Å². The van der Waals surface area contributed by atoms with Gasteiger partial charge in [0.1, 0.15) is 0 Å². The summed E-state index contributed by atoms with van der Waals surface area (Å²) in [6.07, 6.45) is 2.75. The van der Waals surface area contributed by atoms with Crippen molar-refractivity contribution in [1.82, 2.24) is 19.2 Å². The maximum absolute atomic E-state index is 12.1. The van der Waals surface area contributed by atoms with Crippen LogP contribution in [0, 0.1) is 4.77 Å². The molecule has 1 aliphatic rings. The van der Waals surface area contributed by atoms with Gasteiger partial charge in [0.25, 0.3) is 0 Å². The Labute approximate surface area is 186 Å². The second kappa shape index (κ2) is 9.13. The first-order valence-electron chi connectivity index (χ1n) is 10.2. The van der Waals surface area contributed by atoms with Crippen molar-refractivity contribution in [2.45, 2.75) is 38.9 Å².